The molecule has 0 nitrogen and oxygen atoms in total. The van der Waals surface area contributed by atoms with E-state index in [0.717, 1.165) is 0 Å². The molecule has 0 saturated heterocycles. The van der Waals surface area contributed by atoms with Crippen LogP contribution in [0.1, 0.15) is 22.3 Å². The van der Waals surface area contributed by atoms with Gasteiger partial charge in [-0.05, 0) is 134 Å². The van der Waals surface area contributed by atoms with Crippen LogP contribution in [-0.4, -0.2) is 0 Å². The Kier molecular flexibility index (Phi) is 5.80. The van der Waals surface area contributed by atoms with Gasteiger partial charge in [0.15, 0.2) is 0 Å². The van der Waals surface area contributed by atoms with Gasteiger partial charge in [0, 0.05) is 0 Å². The fraction of sp³-hybridized carbons (Fsp3) is 0.0189. The lowest BCUT2D eigenvalue weighted by Crippen LogP contribution is -2.25. The molecule has 10 aromatic carbocycles. The van der Waals surface area contributed by atoms with Gasteiger partial charge in [-0.3, -0.25) is 0 Å². The van der Waals surface area contributed by atoms with Crippen LogP contribution in [0.3, 0.4) is 0 Å². The molecule has 0 N–H and O–H groups in total. The summed E-state index contributed by atoms with van der Waals surface area (Å²) in [6, 6.07) is 72.8. The Morgan fingerprint density at radius 1 is 0.245 bits per heavy atom. The number of benzene rings is 10. The van der Waals surface area contributed by atoms with Crippen LogP contribution >= 0.6 is 0 Å². The summed E-state index contributed by atoms with van der Waals surface area (Å²) in [7, 11) is 0. The molecule has 2 aliphatic carbocycles. The summed E-state index contributed by atoms with van der Waals surface area (Å²) in [5.74, 6) is 0. The van der Waals surface area contributed by atoms with Crippen LogP contribution in [0.15, 0.2) is 194 Å². The first-order valence-corrected chi connectivity index (χ1v) is 18.6. The molecule has 0 atom stereocenters. The second-order valence-electron chi connectivity index (χ2n) is 14.8. The maximum absolute atomic E-state index is 2.51. The smallest absolute Gasteiger partial charge is 0.0619 e. The predicted octanol–water partition coefficient (Wildman–Crippen LogP) is 14.0. The standard InChI is InChI=1S/C53H32/c1-4-14-41-34(11-1)27-28-50-52(41)47-30-37-26-25-36(29-39(37)32-51(47)53(50)48-19-9-7-17-44(48)45-18-8-10-20-49(45)53)33-21-23-35(24-22-33)46-31-38-12-2-3-13-40(38)42-15-5-6-16-43(42)46/h1-32H. The molecular formula is C53H32. The quantitative estimate of drug-likeness (QED) is 0.161. The van der Waals surface area contributed by atoms with Gasteiger partial charge in [0.2, 0.25) is 0 Å². The highest BCUT2D eigenvalue weighted by Gasteiger charge is 2.52. The van der Waals surface area contributed by atoms with E-state index in [2.05, 4.69) is 194 Å². The Morgan fingerprint density at radius 3 is 1.58 bits per heavy atom. The van der Waals surface area contributed by atoms with Gasteiger partial charge in [-0.15, -0.1) is 0 Å². The summed E-state index contributed by atoms with van der Waals surface area (Å²) in [4.78, 5) is 0. The topological polar surface area (TPSA) is 0 Å². The first kappa shape index (κ1) is 28.9. The highest BCUT2D eigenvalue weighted by Crippen LogP contribution is 2.64. The Morgan fingerprint density at radius 2 is 0.811 bits per heavy atom. The third kappa shape index (κ3) is 3.85. The minimum Gasteiger partial charge on any atom is -0.0619 e. The van der Waals surface area contributed by atoms with Crippen molar-refractivity contribution < 1.29 is 0 Å². The minimum atomic E-state index is -0.379. The van der Waals surface area contributed by atoms with Crippen LogP contribution in [0.5, 0.6) is 0 Å². The third-order valence-corrected chi connectivity index (χ3v) is 12.2. The van der Waals surface area contributed by atoms with Gasteiger partial charge in [0.05, 0.1) is 5.41 Å². The zero-order chi connectivity index (χ0) is 34.7. The van der Waals surface area contributed by atoms with Gasteiger partial charge >= 0.3 is 0 Å². The SMILES string of the molecule is c1ccc2c(c1)-c1ccccc1C21c2cc3cc(-c4ccc(-c5cc6ccccc6c6ccccc56)cc4)ccc3cc2-c2c1ccc1ccccc21. The zero-order valence-corrected chi connectivity index (χ0v) is 29.0. The molecule has 0 heteroatoms. The van der Waals surface area contributed by atoms with E-state index < -0.39 is 0 Å². The van der Waals surface area contributed by atoms with Gasteiger partial charge in [-0.2, -0.15) is 0 Å². The summed E-state index contributed by atoms with van der Waals surface area (Å²) in [6.45, 7) is 0. The molecule has 0 bridgehead atoms. The van der Waals surface area contributed by atoms with E-state index in [1.54, 1.807) is 0 Å². The van der Waals surface area contributed by atoms with Crippen molar-refractivity contribution in [2.24, 2.45) is 0 Å². The van der Waals surface area contributed by atoms with E-state index in [-0.39, 0.29) is 5.41 Å². The van der Waals surface area contributed by atoms with E-state index in [1.807, 2.05) is 0 Å². The molecule has 1 spiro atoms. The van der Waals surface area contributed by atoms with Crippen LogP contribution in [0.2, 0.25) is 0 Å². The zero-order valence-electron chi connectivity index (χ0n) is 29.0. The first-order chi connectivity index (χ1) is 26.3. The lowest BCUT2D eigenvalue weighted by molar-refractivity contribution is 0.795. The second-order valence-corrected chi connectivity index (χ2v) is 14.8. The Labute approximate surface area is 308 Å². The molecule has 2 aliphatic rings. The number of rotatable bonds is 2. The first-order valence-electron chi connectivity index (χ1n) is 18.6. The minimum absolute atomic E-state index is 0.379. The highest BCUT2D eigenvalue weighted by molar-refractivity contribution is 6.14. The van der Waals surface area contributed by atoms with Crippen molar-refractivity contribution >= 4 is 43.1 Å². The Balaban J connectivity index is 1.05. The highest BCUT2D eigenvalue weighted by atomic mass is 14.5. The van der Waals surface area contributed by atoms with Crippen molar-refractivity contribution in [2.45, 2.75) is 5.41 Å². The Hall–Kier alpha value is -6.76. The molecule has 0 aromatic heterocycles. The number of fused-ring (bicyclic) bond motifs is 16. The van der Waals surface area contributed by atoms with Gasteiger partial charge in [0.25, 0.3) is 0 Å². The molecule has 12 rings (SSSR count). The van der Waals surface area contributed by atoms with Crippen molar-refractivity contribution in [3.8, 4) is 44.5 Å². The van der Waals surface area contributed by atoms with Crippen molar-refractivity contribution in [3.05, 3.63) is 216 Å². The maximum atomic E-state index is 2.51. The lowest BCUT2D eigenvalue weighted by Gasteiger charge is -2.30. The fourth-order valence-electron chi connectivity index (χ4n) is 9.96. The molecule has 0 radical (unpaired) electrons. The van der Waals surface area contributed by atoms with E-state index in [1.165, 1.54) is 110 Å². The number of hydrogen-bond acceptors (Lipinski definition) is 0. The van der Waals surface area contributed by atoms with Gasteiger partial charge in [0.1, 0.15) is 0 Å². The largest absolute Gasteiger partial charge is 0.0725 e. The van der Waals surface area contributed by atoms with E-state index in [4.69, 9.17) is 0 Å². The molecule has 0 heterocycles. The second kappa shape index (κ2) is 10.6. The molecular weight excluding hydrogens is 637 g/mol. The normalized spacial score (nSPS) is 13.4. The van der Waals surface area contributed by atoms with Crippen LogP contribution in [0.4, 0.5) is 0 Å². The average molecular weight is 669 g/mol. The molecule has 0 fully saturated rings. The van der Waals surface area contributed by atoms with Crippen LogP contribution in [-0.2, 0) is 5.41 Å². The van der Waals surface area contributed by atoms with Gasteiger partial charge < -0.3 is 0 Å². The summed E-state index contributed by atoms with van der Waals surface area (Å²) in [5.41, 5.74) is 15.5. The van der Waals surface area contributed by atoms with E-state index >= 15 is 0 Å². The summed E-state index contributed by atoms with van der Waals surface area (Å²) >= 11 is 0. The molecule has 0 aliphatic heterocycles. The Bertz CT molecular complexity index is 3120. The van der Waals surface area contributed by atoms with E-state index in [9.17, 15) is 0 Å². The summed E-state index contributed by atoms with van der Waals surface area (Å²) in [6.07, 6.45) is 0. The van der Waals surface area contributed by atoms with E-state index in [0.29, 0.717) is 0 Å². The predicted molar refractivity (Wildman–Crippen MR) is 224 cm³/mol. The maximum Gasteiger partial charge on any atom is 0.0725 e. The van der Waals surface area contributed by atoms with Crippen molar-refractivity contribution in [3.63, 3.8) is 0 Å². The molecule has 0 amide bonds. The molecule has 244 valence electrons. The average Bonchev–Trinajstić information content (AvgIpc) is 3.69. The van der Waals surface area contributed by atoms with Crippen LogP contribution < -0.4 is 0 Å². The van der Waals surface area contributed by atoms with Crippen molar-refractivity contribution in [1.29, 1.82) is 0 Å². The molecule has 10 aromatic rings. The third-order valence-electron chi connectivity index (χ3n) is 12.2. The van der Waals surface area contributed by atoms with Crippen molar-refractivity contribution in [1.82, 2.24) is 0 Å². The fourth-order valence-corrected chi connectivity index (χ4v) is 9.96. The number of hydrogen-bond donors (Lipinski definition) is 0. The van der Waals surface area contributed by atoms with Crippen LogP contribution in [0.25, 0.3) is 87.6 Å². The molecule has 0 unspecified atom stereocenters. The van der Waals surface area contributed by atoms with Gasteiger partial charge in [-0.1, -0.05) is 170 Å². The van der Waals surface area contributed by atoms with Gasteiger partial charge in [-0.25, -0.2) is 0 Å². The molecule has 53 heavy (non-hydrogen) atoms. The summed E-state index contributed by atoms with van der Waals surface area (Å²) in [5, 5.41) is 10.3. The van der Waals surface area contributed by atoms with Crippen LogP contribution in [0, 0.1) is 0 Å². The molecule has 0 saturated carbocycles. The lowest BCUT2D eigenvalue weighted by atomic mass is 9.70. The van der Waals surface area contributed by atoms with Crippen molar-refractivity contribution in [2.75, 3.05) is 0 Å². The monoisotopic (exact) mass is 668 g/mol. The summed E-state index contributed by atoms with van der Waals surface area (Å²) < 4.78 is 0.